The second-order valence-electron chi connectivity index (χ2n) is 6.58. The van der Waals surface area contributed by atoms with Gasteiger partial charge in [0, 0.05) is 18.4 Å². The Kier molecular flexibility index (Phi) is 4.78. The molecule has 1 aliphatic carbocycles. The van der Waals surface area contributed by atoms with E-state index < -0.39 is 0 Å². The molecule has 4 rings (SSSR count). The van der Waals surface area contributed by atoms with Gasteiger partial charge in [-0.05, 0) is 42.5 Å². The molecule has 1 unspecified atom stereocenters. The standard InChI is InChI=1S/C21H21N3O2/c25-19(22-18-12-6-10-15-7-4-5-11-17(15)18)13-14-20-23-24-21(26-20)16-8-2-1-3-9-16/h1-5,7-9,11,18H,6,10,12-14H2,(H,22,25). The van der Waals surface area contributed by atoms with Gasteiger partial charge in [0.15, 0.2) is 0 Å². The zero-order chi connectivity index (χ0) is 17.8. The van der Waals surface area contributed by atoms with E-state index in [2.05, 4.69) is 33.7 Å². The molecule has 0 radical (unpaired) electrons. The summed E-state index contributed by atoms with van der Waals surface area (Å²) in [4.78, 5) is 12.4. The highest BCUT2D eigenvalue weighted by atomic mass is 16.4. The maximum atomic E-state index is 12.4. The summed E-state index contributed by atoms with van der Waals surface area (Å²) in [5.74, 6) is 0.997. The molecule has 1 amide bonds. The molecule has 1 aliphatic rings. The van der Waals surface area contributed by atoms with E-state index in [0.717, 1.165) is 24.8 Å². The molecule has 5 nitrogen and oxygen atoms in total. The Hall–Kier alpha value is -2.95. The van der Waals surface area contributed by atoms with Crippen LogP contribution in [0.25, 0.3) is 11.5 Å². The van der Waals surface area contributed by atoms with Crippen LogP contribution in [-0.4, -0.2) is 16.1 Å². The van der Waals surface area contributed by atoms with Crippen molar-refractivity contribution in [3.05, 3.63) is 71.6 Å². The highest BCUT2D eigenvalue weighted by Gasteiger charge is 2.21. The molecular weight excluding hydrogens is 326 g/mol. The Morgan fingerprint density at radius 3 is 2.77 bits per heavy atom. The van der Waals surface area contributed by atoms with Gasteiger partial charge in [-0.3, -0.25) is 4.79 Å². The Morgan fingerprint density at radius 1 is 1.08 bits per heavy atom. The lowest BCUT2D eigenvalue weighted by atomic mass is 9.87. The Bertz CT molecular complexity index is 889. The van der Waals surface area contributed by atoms with Crippen LogP contribution in [0.5, 0.6) is 0 Å². The molecule has 5 heteroatoms. The second kappa shape index (κ2) is 7.52. The molecule has 0 bridgehead atoms. The largest absolute Gasteiger partial charge is 0.421 e. The molecule has 0 aliphatic heterocycles. The zero-order valence-corrected chi connectivity index (χ0v) is 14.5. The summed E-state index contributed by atoms with van der Waals surface area (Å²) in [7, 11) is 0. The van der Waals surface area contributed by atoms with Gasteiger partial charge in [0.1, 0.15) is 0 Å². The number of hydrogen-bond donors (Lipinski definition) is 1. The van der Waals surface area contributed by atoms with Crippen molar-refractivity contribution in [1.29, 1.82) is 0 Å². The molecule has 1 aromatic heterocycles. The van der Waals surface area contributed by atoms with Gasteiger partial charge in [0.25, 0.3) is 0 Å². The lowest BCUT2D eigenvalue weighted by Gasteiger charge is -2.26. The van der Waals surface area contributed by atoms with Crippen molar-refractivity contribution >= 4 is 5.91 Å². The number of aryl methyl sites for hydroxylation is 2. The van der Waals surface area contributed by atoms with Crippen molar-refractivity contribution in [2.75, 3.05) is 0 Å². The first kappa shape index (κ1) is 16.5. The Labute approximate surface area is 152 Å². The second-order valence-corrected chi connectivity index (χ2v) is 6.58. The average molecular weight is 347 g/mol. The minimum absolute atomic E-state index is 0.0196. The fourth-order valence-corrected chi connectivity index (χ4v) is 3.44. The van der Waals surface area contributed by atoms with Crippen molar-refractivity contribution in [3.63, 3.8) is 0 Å². The molecule has 0 saturated carbocycles. The molecule has 1 heterocycles. The summed E-state index contributed by atoms with van der Waals surface area (Å²) in [6.07, 6.45) is 3.97. The number of amides is 1. The van der Waals surface area contributed by atoms with Crippen molar-refractivity contribution in [3.8, 4) is 11.5 Å². The minimum Gasteiger partial charge on any atom is -0.421 e. The monoisotopic (exact) mass is 347 g/mol. The molecule has 3 aromatic rings. The van der Waals surface area contributed by atoms with Crippen LogP contribution in [-0.2, 0) is 17.6 Å². The Morgan fingerprint density at radius 2 is 1.88 bits per heavy atom. The van der Waals surface area contributed by atoms with Crippen LogP contribution in [0.1, 0.15) is 42.3 Å². The van der Waals surface area contributed by atoms with Crippen LogP contribution in [0.2, 0.25) is 0 Å². The van der Waals surface area contributed by atoms with Crippen LogP contribution in [0.4, 0.5) is 0 Å². The first-order valence-corrected chi connectivity index (χ1v) is 9.04. The van der Waals surface area contributed by atoms with Gasteiger partial charge in [0.05, 0.1) is 6.04 Å². The molecule has 26 heavy (non-hydrogen) atoms. The number of rotatable bonds is 5. The van der Waals surface area contributed by atoms with E-state index in [0.29, 0.717) is 24.6 Å². The number of carbonyl (C=O) groups excluding carboxylic acids is 1. The molecular formula is C21H21N3O2. The van der Waals surface area contributed by atoms with Crippen molar-refractivity contribution < 1.29 is 9.21 Å². The lowest BCUT2D eigenvalue weighted by Crippen LogP contribution is -2.31. The predicted molar refractivity (Wildman–Crippen MR) is 98.3 cm³/mol. The van der Waals surface area contributed by atoms with Crippen LogP contribution < -0.4 is 5.32 Å². The lowest BCUT2D eigenvalue weighted by molar-refractivity contribution is -0.122. The predicted octanol–water partition coefficient (Wildman–Crippen LogP) is 3.86. The van der Waals surface area contributed by atoms with E-state index in [1.54, 1.807) is 0 Å². The van der Waals surface area contributed by atoms with Crippen molar-refractivity contribution in [2.45, 2.75) is 38.1 Å². The number of aromatic nitrogens is 2. The van der Waals surface area contributed by atoms with E-state index in [-0.39, 0.29) is 11.9 Å². The fourth-order valence-electron chi connectivity index (χ4n) is 3.44. The van der Waals surface area contributed by atoms with Crippen LogP contribution in [0, 0.1) is 0 Å². The summed E-state index contributed by atoms with van der Waals surface area (Å²) in [5, 5.41) is 11.3. The number of nitrogens with zero attached hydrogens (tertiary/aromatic N) is 2. The van der Waals surface area contributed by atoms with Gasteiger partial charge in [-0.25, -0.2) is 0 Å². The van der Waals surface area contributed by atoms with Gasteiger partial charge >= 0.3 is 0 Å². The van der Waals surface area contributed by atoms with Gasteiger partial charge in [-0.1, -0.05) is 42.5 Å². The summed E-state index contributed by atoms with van der Waals surface area (Å²) in [6.45, 7) is 0. The van der Waals surface area contributed by atoms with Crippen LogP contribution in [0.15, 0.2) is 59.0 Å². The van der Waals surface area contributed by atoms with Gasteiger partial charge in [0.2, 0.25) is 17.7 Å². The molecule has 1 atom stereocenters. The van der Waals surface area contributed by atoms with Crippen molar-refractivity contribution in [2.24, 2.45) is 0 Å². The topological polar surface area (TPSA) is 68.0 Å². The maximum absolute atomic E-state index is 12.4. The molecule has 0 saturated heterocycles. The quantitative estimate of drug-likeness (QED) is 0.761. The van der Waals surface area contributed by atoms with Gasteiger partial charge in [-0.2, -0.15) is 0 Å². The smallest absolute Gasteiger partial charge is 0.247 e. The average Bonchev–Trinajstić information content (AvgIpc) is 3.17. The first-order chi connectivity index (χ1) is 12.8. The van der Waals surface area contributed by atoms with Crippen molar-refractivity contribution in [1.82, 2.24) is 15.5 Å². The van der Waals surface area contributed by atoms with Crippen LogP contribution in [0.3, 0.4) is 0 Å². The molecule has 0 fully saturated rings. The highest BCUT2D eigenvalue weighted by Crippen LogP contribution is 2.29. The number of nitrogens with one attached hydrogen (secondary N) is 1. The molecule has 2 aromatic carbocycles. The number of carbonyl (C=O) groups is 1. The number of hydrogen-bond acceptors (Lipinski definition) is 4. The molecule has 0 spiro atoms. The first-order valence-electron chi connectivity index (χ1n) is 9.04. The summed E-state index contributed by atoms with van der Waals surface area (Å²) < 4.78 is 5.66. The number of benzene rings is 2. The third-order valence-electron chi connectivity index (χ3n) is 4.76. The van der Waals surface area contributed by atoms with Gasteiger partial charge < -0.3 is 9.73 Å². The van der Waals surface area contributed by atoms with E-state index in [1.807, 2.05) is 36.4 Å². The maximum Gasteiger partial charge on any atom is 0.247 e. The van der Waals surface area contributed by atoms with Crippen LogP contribution >= 0.6 is 0 Å². The Balaban J connectivity index is 1.35. The highest BCUT2D eigenvalue weighted by molar-refractivity contribution is 5.76. The van der Waals surface area contributed by atoms with Gasteiger partial charge in [-0.15, -0.1) is 10.2 Å². The summed E-state index contributed by atoms with van der Waals surface area (Å²) in [5.41, 5.74) is 3.47. The molecule has 132 valence electrons. The zero-order valence-electron chi connectivity index (χ0n) is 14.5. The third-order valence-corrected chi connectivity index (χ3v) is 4.76. The third kappa shape index (κ3) is 3.67. The van der Waals surface area contributed by atoms with E-state index in [9.17, 15) is 4.79 Å². The summed E-state index contributed by atoms with van der Waals surface area (Å²) >= 11 is 0. The minimum atomic E-state index is 0.0196. The number of fused-ring (bicyclic) bond motifs is 1. The normalized spacial score (nSPS) is 16.1. The molecule has 1 N–H and O–H groups in total. The summed E-state index contributed by atoms with van der Waals surface area (Å²) in [6, 6.07) is 18.1. The van der Waals surface area contributed by atoms with E-state index in [4.69, 9.17) is 4.42 Å². The van der Waals surface area contributed by atoms with E-state index in [1.165, 1.54) is 11.1 Å². The van der Waals surface area contributed by atoms with E-state index >= 15 is 0 Å². The SMILES string of the molecule is O=C(CCc1nnc(-c2ccccc2)o1)NC1CCCc2ccccc21. The fraction of sp³-hybridized carbons (Fsp3) is 0.286.